The van der Waals surface area contributed by atoms with Gasteiger partial charge in [0, 0.05) is 31.2 Å². The molecule has 0 spiro atoms. The summed E-state index contributed by atoms with van der Waals surface area (Å²) in [6, 6.07) is 8.76. The number of amides is 2. The molecule has 2 atom stereocenters. The first kappa shape index (κ1) is 20.3. The second kappa shape index (κ2) is 8.44. The van der Waals surface area contributed by atoms with E-state index in [2.05, 4.69) is 17.3 Å². The predicted molar refractivity (Wildman–Crippen MR) is 114 cm³/mol. The van der Waals surface area contributed by atoms with Crippen molar-refractivity contribution in [1.82, 2.24) is 15.1 Å². The Morgan fingerprint density at radius 2 is 2.10 bits per heavy atom. The summed E-state index contributed by atoms with van der Waals surface area (Å²) in [7, 11) is 2.09. The number of hydrogen-bond donors (Lipinski definition) is 2. The fraction of sp³-hybridized carbons (Fsp3) is 0.429. The number of carbonyl (C=O) groups excluding carboxylic acids is 2. The molecule has 2 aliphatic heterocycles. The number of fused-ring (bicyclic) bond motifs is 1. The number of nitrogens with zero attached hydrogens (tertiary/aromatic N) is 2. The molecule has 0 unspecified atom stereocenters. The molecule has 1 aromatic heterocycles. The van der Waals surface area contributed by atoms with Gasteiger partial charge in [-0.1, -0.05) is 17.7 Å². The van der Waals surface area contributed by atoms with Gasteiger partial charge < -0.3 is 20.2 Å². The average Bonchev–Trinajstić information content (AvgIpc) is 3.33. The minimum atomic E-state index is -0.304. The van der Waals surface area contributed by atoms with E-state index in [-0.39, 0.29) is 30.5 Å². The van der Waals surface area contributed by atoms with Gasteiger partial charge in [0.25, 0.3) is 11.8 Å². The van der Waals surface area contributed by atoms with Crippen LogP contribution >= 0.6 is 22.9 Å². The molecule has 0 bridgehead atoms. The summed E-state index contributed by atoms with van der Waals surface area (Å²) in [4.78, 5) is 30.0. The number of thiophene rings is 1. The molecule has 3 heterocycles. The van der Waals surface area contributed by atoms with Crippen LogP contribution < -0.4 is 5.32 Å². The Morgan fingerprint density at radius 3 is 2.83 bits per heavy atom. The van der Waals surface area contributed by atoms with Gasteiger partial charge in [-0.25, -0.2) is 0 Å². The lowest BCUT2D eigenvalue weighted by atomic mass is 9.97. The van der Waals surface area contributed by atoms with Crippen LogP contribution in [0.5, 0.6) is 0 Å². The number of halogens is 1. The van der Waals surface area contributed by atoms with Gasteiger partial charge >= 0.3 is 0 Å². The molecular formula is C21H24ClN3O3S. The highest BCUT2D eigenvalue weighted by Crippen LogP contribution is 2.25. The summed E-state index contributed by atoms with van der Waals surface area (Å²) >= 11 is 7.13. The molecule has 0 saturated carbocycles. The summed E-state index contributed by atoms with van der Waals surface area (Å²) in [5.41, 5.74) is 3.12. The Morgan fingerprint density at radius 1 is 1.28 bits per heavy atom. The monoisotopic (exact) mass is 433 g/mol. The second-order valence-electron chi connectivity index (χ2n) is 7.78. The van der Waals surface area contributed by atoms with Crippen LogP contribution in [0.25, 0.3) is 0 Å². The van der Waals surface area contributed by atoms with Crippen LogP contribution in [0, 0.1) is 0 Å². The number of carbonyl (C=O) groups is 2. The molecule has 0 radical (unpaired) electrons. The van der Waals surface area contributed by atoms with Gasteiger partial charge in [-0.05, 0) is 55.3 Å². The number of likely N-dealkylation sites (tertiary alicyclic amines) is 1. The van der Waals surface area contributed by atoms with Gasteiger partial charge in [-0.15, -0.1) is 11.3 Å². The van der Waals surface area contributed by atoms with Crippen molar-refractivity contribution < 1.29 is 14.7 Å². The number of hydrogen-bond acceptors (Lipinski definition) is 5. The third-order valence-electron chi connectivity index (χ3n) is 5.67. The molecule has 6 nitrogen and oxygen atoms in total. The van der Waals surface area contributed by atoms with E-state index < -0.39 is 0 Å². The fourth-order valence-corrected chi connectivity index (χ4v) is 5.08. The summed E-state index contributed by atoms with van der Waals surface area (Å²) in [6.45, 7) is 2.13. The SMILES string of the molecule is CN1CCc2cc(C(=O)N3C[C@H](NC(=O)c4ccc(Cl)s4)C[C@H]3CO)ccc2C1. The number of likely N-dealkylation sites (N-methyl/N-ethyl adjacent to an activating group) is 1. The first-order valence-corrected chi connectivity index (χ1v) is 10.9. The van der Waals surface area contributed by atoms with E-state index in [4.69, 9.17) is 11.6 Å². The topological polar surface area (TPSA) is 72.9 Å². The van der Waals surface area contributed by atoms with Gasteiger partial charge in [-0.3, -0.25) is 9.59 Å². The van der Waals surface area contributed by atoms with Gasteiger partial charge in [0.2, 0.25) is 0 Å². The molecule has 1 fully saturated rings. The van der Waals surface area contributed by atoms with Crippen molar-refractivity contribution in [3.63, 3.8) is 0 Å². The smallest absolute Gasteiger partial charge is 0.261 e. The Balaban J connectivity index is 1.46. The van der Waals surface area contributed by atoms with Crippen molar-refractivity contribution in [1.29, 1.82) is 0 Å². The Kier molecular flexibility index (Phi) is 5.92. The standard InChI is InChI=1S/C21H24ClN3O3S/c1-24-7-6-13-8-14(2-3-15(13)10-24)21(28)25-11-16(9-17(25)12-26)23-20(27)18-4-5-19(22)29-18/h2-5,8,16-17,26H,6-7,9-12H2,1H3,(H,23,27)/t16-,17+/m1/s1. The molecule has 2 N–H and O–H groups in total. The minimum Gasteiger partial charge on any atom is -0.394 e. The quantitative estimate of drug-likeness (QED) is 0.776. The van der Waals surface area contributed by atoms with Crippen LogP contribution in [0.4, 0.5) is 0 Å². The van der Waals surface area contributed by atoms with Crippen LogP contribution in [0.1, 0.15) is 37.6 Å². The van der Waals surface area contributed by atoms with Crippen molar-refractivity contribution in [3.05, 3.63) is 56.2 Å². The Labute approximate surface area is 179 Å². The lowest BCUT2D eigenvalue weighted by Crippen LogP contribution is -2.40. The summed E-state index contributed by atoms with van der Waals surface area (Å²) in [6.07, 6.45) is 1.46. The molecule has 29 heavy (non-hydrogen) atoms. The van der Waals surface area contributed by atoms with Crippen LogP contribution in [0.3, 0.4) is 0 Å². The molecule has 2 aromatic rings. The van der Waals surface area contributed by atoms with Crippen LogP contribution in [-0.2, 0) is 13.0 Å². The van der Waals surface area contributed by atoms with Crippen LogP contribution in [-0.4, -0.2) is 65.5 Å². The zero-order chi connectivity index (χ0) is 20.5. The third-order valence-corrected chi connectivity index (χ3v) is 6.90. The maximum atomic E-state index is 13.1. The number of rotatable bonds is 4. The van der Waals surface area contributed by atoms with Crippen molar-refractivity contribution in [3.8, 4) is 0 Å². The minimum absolute atomic E-state index is 0.0957. The molecule has 4 rings (SSSR count). The lowest BCUT2D eigenvalue weighted by molar-refractivity contribution is 0.0674. The number of aliphatic hydroxyl groups is 1. The molecule has 8 heteroatoms. The number of benzene rings is 1. The highest BCUT2D eigenvalue weighted by Gasteiger charge is 2.36. The summed E-state index contributed by atoms with van der Waals surface area (Å²) in [5.74, 6) is -0.294. The molecule has 2 amide bonds. The van der Waals surface area contributed by atoms with E-state index in [9.17, 15) is 14.7 Å². The van der Waals surface area contributed by atoms with Gasteiger partial charge in [-0.2, -0.15) is 0 Å². The highest BCUT2D eigenvalue weighted by atomic mass is 35.5. The van der Waals surface area contributed by atoms with Gasteiger partial charge in [0.05, 0.1) is 21.9 Å². The third kappa shape index (κ3) is 4.33. The van der Waals surface area contributed by atoms with Gasteiger partial charge in [0.1, 0.15) is 0 Å². The van der Waals surface area contributed by atoms with E-state index in [1.807, 2.05) is 18.2 Å². The maximum Gasteiger partial charge on any atom is 0.261 e. The largest absolute Gasteiger partial charge is 0.394 e. The second-order valence-corrected chi connectivity index (χ2v) is 9.49. The molecule has 154 valence electrons. The lowest BCUT2D eigenvalue weighted by Gasteiger charge is -2.27. The van der Waals surface area contributed by atoms with Crippen molar-refractivity contribution in [2.45, 2.75) is 31.5 Å². The van der Waals surface area contributed by atoms with Gasteiger partial charge in [0.15, 0.2) is 0 Å². The predicted octanol–water partition coefficient (Wildman–Crippen LogP) is 2.39. The first-order valence-electron chi connectivity index (χ1n) is 9.73. The van der Waals surface area contributed by atoms with E-state index in [1.54, 1.807) is 17.0 Å². The summed E-state index contributed by atoms with van der Waals surface area (Å²) in [5, 5.41) is 12.8. The normalized spacial score (nSPS) is 21.8. The van der Waals surface area contributed by atoms with Crippen molar-refractivity contribution in [2.24, 2.45) is 0 Å². The van der Waals surface area contributed by atoms with E-state index in [0.717, 1.165) is 19.5 Å². The molecule has 1 aromatic carbocycles. The molecule has 1 saturated heterocycles. The molecule has 0 aliphatic carbocycles. The zero-order valence-electron chi connectivity index (χ0n) is 16.2. The zero-order valence-corrected chi connectivity index (χ0v) is 17.8. The molecular weight excluding hydrogens is 410 g/mol. The maximum absolute atomic E-state index is 13.1. The Bertz CT molecular complexity index is 932. The van der Waals surface area contributed by atoms with Crippen LogP contribution in [0.2, 0.25) is 4.34 Å². The van der Waals surface area contributed by atoms with Crippen molar-refractivity contribution in [2.75, 3.05) is 26.7 Å². The number of nitrogens with one attached hydrogen (secondary N) is 1. The van der Waals surface area contributed by atoms with E-state index >= 15 is 0 Å². The molecule has 2 aliphatic rings. The van der Waals surface area contributed by atoms with E-state index in [0.29, 0.717) is 27.7 Å². The highest BCUT2D eigenvalue weighted by molar-refractivity contribution is 7.18. The van der Waals surface area contributed by atoms with Crippen molar-refractivity contribution >= 4 is 34.8 Å². The number of aliphatic hydroxyl groups excluding tert-OH is 1. The fourth-order valence-electron chi connectivity index (χ4n) is 4.13. The van der Waals surface area contributed by atoms with Crippen LogP contribution in [0.15, 0.2) is 30.3 Å². The Hall–Kier alpha value is -1.93. The van der Waals surface area contributed by atoms with E-state index in [1.165, 1.54) is 22.5 Å². The summed E-state index contributed by atoms with van der Waals surface area (Å²) < 4.78 is 0.560. The average molecular weight is 434 g/mol. The first-order chi connectivity index (χ1) is 13.9.